The molecule has 4 rings (SSSR count). The van der Waals surface area contributed by atoms with Gasteiger partial charge in [0.2, 0.25) is 0 Å². The number of anilines is 1. The van der Waals surface area contributed by atoms with Crippen LogP contribution in [0.1, 0.15) is 17.3 Å². The highest BCUT2D eigenvalue weighted by molar-refractivity contribution is 7.13. The van der Waals surface area contributed by atoms with E-state index in [-0.39, 0.29) is 0 Å². The van der Waals surface area contributed by atoms with Gasteiger partial charge in [-0.1, -0.05) is 6.07 Å². The highest BCUT2D eigenvalue weighted by Crippen LogP contribution is 2.30. The van der Waals surface area contributed by atoms with Gasteiger partial charge in [-0.2, -0.15) is 5.10 Å². The Balaban J connectivity index is 1.55. The second-order valence-corrected chi connectivity index (χ2v) is 7.44. The van der Waals surface area contributed by atoms with Crippen molar-refractivity contribution in [1.29, 1.82) is 0 Å². The fourth-order valence-electron chi connectivity index (χ4n) is 2.99. The van der Waals surface area contributed by atoms with Crippen molar-refractivity contribution in [3.05, 3.63) is 71.1 Å². The van der Waals surface area contributed by atoms with E-state index in [9.17, 15) is 13.6 Å². The first-order valence-corrected chi connectivity index (χ1v) is 10.3. The number of hydrogen-bond acceptors (Lipinski definition) is 5. The first kappa shape index (κ1) is 20.7. The SMILES string of the molecule is CCOc1ccc(-c2csc(-c3cc(NC(=O)c4c(F)cccc4F)n(C)n3)n2)cc1. The molecule has 158 valence electrons. The summed E-state index contributed by atoms with van der Waals surface area (Å²) >= 11 is 1.40. The lowest BCUT2D eigenvalue weighted by atomic mass is 10.2. The van der Waals surface area contributed by atoms with Crippen molar-refractivity contribution in [2.75, 3.05) is 11.9 Å². The first-order chi connectivity index (χ1) is 15.0. The van der Waals surface area contributed by atoms with Crippen molar-refractivity contribution in [3.8, 4) is 27.7 Å². The van der Waals surface area contributed by atoms with Crippen LogP contribution in [0.25, 0.3) is 22.0 Å². The Kier molecular flexibility index (Phi) is 5.77. The van der Waals surface area contributed by atoms with Crippen LogP contribution in [-0.2, 0) is 7.05 Å². The molecular weight excluding hydrogens is 422 g/mol. The van der Waals surface area contributed by atoms with Crippen LogP contribution >= 0.6 is 11.3 Å². The van der Waals surface area contributed by atoms with Crippen LogP contribution in [-0.4, -0.2) is 27.3 Å². The van der Waals surface area contributed by atoms with Crippen molar-refractivity contribution < 1.29 is 18.3 Å². The van der Waals surface area contributed by atoms with Crippen molar-refractivity contribution in [2.24, 2.45) is 7.05 Å². The van der Waals surface area contributed by atoms with Crippen molar-refractivity contribution in [1.82, 2.24) is 14.8 Å². The topological polar surface area (TPSA) is 69.0 Å². The molecule has 0 aliphatic heterocycles. The number of hydrogen-bond donors (Lipinski definition) is 1. The van der Waals surface area contributed by atoms with E-state index in [1.54, 1.807) is 13.1 Å². The van der Waals surface area contributed by atoms with Gasteiger partial charge in [-0.3, -0.25) is 9.48 Å². The lowest BCUT2D eigenvalue weighted by Crippen LogP contribution is -2.17. The monoisotopic (exact) mass is 440 g/mol. The molecule has 0 bridgehead atoms. The molecule has 2 aromatic heterocycles. The van der Waals surface area contributed by atoms with Crippen molar-refractivity contribution >= 4 is 23.1 Å². The van der Waals surface area contributed by atoms with Gasteiger partial charge in [0.1, 0.15) is 39.5 Å². The number of carbonyl (C=O) groups is 1. The number of benzene rings is 2. The molecule has 0 spiro atoms. The van der Waals surface area contributed by atoms with Gasteiger partial charge in [0.15, 0.2) is 0 Å². The van der Waals surface area contributed by atoms with Gasteiger partial charge < -0.3 is 10.1 Å². The number of aryl methyl sites for hydroxylation is 1. The number of carbonyl (C=O) groups excluding carboxylic acids is 1. The minimum Gasteiger partial charge on any atom is -0.494 e. The average molecular weight is 440 g/mol. The van der Waals surface area contributed by atoms with Crippen LogP contribution in [0.2, 0.25) is 0 Å². The van der Waals surface area contributed by atoms with Gasteiger partial charge in [0, 0.05) is 24.1 Å². The molecule has 2 heterocycles. The smallest absolute Gasteiger partial charge is 0.262 e. The lowest BCUT2D eigenvalue weighted by Gasteiger charge is -2.06. The fourth-order valence-corrected chi connectivity index (χ4v) is 3.78. The van der Waals surface area contributed by atoms with E-state index in [0.29, 0.717) is 23.1 Å². The summed E-state index contributed by atoms with van der Waals surface area (Å²) in [5.74, 6) is -1.67. The minimum absolute atomic E-state index is 0.292. The molecule has 0 unspecified atom stereocenters. The largest absolute Gasteiger partial charge is 0.494 e. The molecule has 6 nitrogen and oxygen atoms in total. The molecule has 4 aromatic rings. The van der Waals surface area contributed by atoms with Crippen LogP contribution in [0.4, 0.5) is 14.6 Å². The molecule has 2 aromatic carbocycles. The summed E-state index contributed by atoms with van der Waals surface area (Å²) in [6.45, 7) is 2.53. The molecule has 0 atom stereocenters. The molecule has 9 heteroatoms. The van der Waals surface area contributed by atoms with E-state index in [2.05, 4.69) is 15.4 Å². The fraction of sp³-hybridized carbons (Fsp3) is 0.136. The zero-order valence-electron chi connectivity index (χ0n) is 16.7. The lowest BCUT2D eigenvalue weighted by molar-refractivity contribution is 0.101. The number of nitrogens with zero attached hydrogens (tertiary/aromatic N) is 3. The number of nitrogens with one attached hydrogen (secondary N) is 1. The zero-order valence-corrected chi connectivity index (χ0v) is 17.5. The second-order valence-electron chi connectivity index (χ2n) is 6.58. The van der Waals surface area contributed by atoms with Crippen LogP contribution in [0.5, 0.6) is 5.75 Å². The molecule has 1 N–H and O–H groups in total. The molecule has 0 saturated carbocycles. The number of ether oxygens (including phenoxy) is 1. The molecular formula is C22H18F2N4O2S. The predicted octanol–water partition coefficient (Wildman–Crippen LogP) is 5.14. The summed E-state index contributed by atoms with van der Waals surface area (Å²) in [5, 5.41) is 9.42. The Labute approximate surface area is 181 Å². The van der Waals surface area contributed by atoms with E-state index in [1.807, 2.05) is 36.6 Å². The van der Waals surface area contributed by atoms with E-state index in [1.165, 1.54) is 22.1 Å². The average Bonchev–Trinajstić information content (AvgIpc) is 3.36. The van der Waals surface area contributed by atoms with Gasteiger partial charge in [-0.05, 0) is 43.3 Å². The maximum Gasteiger partial charge on any atom is 0.262 e. The zero-order chi connectivity index (χ0) is 22.0. The van der Waals surface area contributed by atoms with Gasteiger partial charge in [-0.15, -0.1) is 11.3 Å². The molecule has 0 saturated heterocycles. The number of thiazole rings is 1. The number of halogens is 2. The Bertz CT molecular complexity index is 1210. The van der Waals surface area contributed by atoms with E-state index in [4.69, 9.17) is 4.74 Å². The van der Waals surface area contributed by atoms with E-state index >= 15 is 0 Å². The van der Waals surface area contributed by atoms with Crippen molar-refractivity contribution in [3.63, 3.8) is 0 Å². The molecule has 1 amide bonds. The predicted molar refractivity (Wildman–Crippen MR) is 115 cm³/mol. The van der Waals surface area contributed by atoms with Gasteiger partial charge in [-0.25, -0.2) is 13.8 Å². The van der Waals surface area contributed by atoms with Gasteiger partial charge in [0.05, 0.1) is 12.3 Å². The van der Waals surface area contributed by atoms with Crippen LogP contribution in [0, 0.1) is 11.6 Å². The maximum absolute atomic E-state index is 13.9. The number of amides is 1. The molecule has 31 heavy (non-hydrogen) atoms. The highest BCUT2D eigenvalue weighted by Gasteiger charge is 2.19. The summed E-state index contributed by atoms with van der Waals surface area (Å²) in [6.07, 6.45) is 0. The maximum atomic E-state index is 13.9. The summed E-state index contributed by atoms with van der Waals surface area (Å²) in [5.41, 5.74) is 1.62. The van der Waals surface area contributed by atoms with Gasteiger partial charge in [0.25, 0.3) is 5.91 Å². The molecule has 0 aliphatic carbocycles. The highest BCUT2D eigenvalue weighted by atomic mass is 32.1. The summed E-state index contributed by atoms with van der Waals surface area (Å²) < 4.78 is 34.6. The summed E-state index contributed by atoms with van der Waals surface area (Å²) in [4.78, 5) is 17.0. The standard InChI is InChI=1S/C22H18F2N4O2S/c1-3-30-14-9-7-13(8-10-14)18-12-31-22(25-18)17-11-19(28(2)27-17)26-21(29)20-15(23)5-4-6-16(20)24/h4-12H,3H2,1-2H3,(H,26,29). The molecule has 0 aliphatic rings. The number of rotatable bonds is 6. The third-order valence-corrected chi connectivity index (χ3v) is 5.36. The molecule has 0 radical (unpaired) electrons. The third kappa shape index (κ3) is 4.31. The second kappa shape index (κ2) is 8.65. The van der Waals surface area contributed by atoms with Crippen LogP contribution in [0.15, 0.2) is 53.9 Å². The van der Waals surface area contributed by atoms with Crippen molar-refractivity contribution in [2.45, 2.75) is 6.92 Å². The third-order valence-electron chi connectivity index (χ3n) is 4.50. The Morgan fingerprint density at radius 1 is 1.13 bits per heavy atom. The van der Waals surface area contributed by atoms with E-state index in [0.717, 1.165) is 29.1 Å². The van der Waals surface area contributed by atoms with Crippen LogP contribution < -0.4 is 10.1 Å². The number of aromatic nitrogens is 3. The quantitative estimate of drug-likeness (QED) is 0.451. The normalized spacial score (nSPS) is 10.8. The Morgan fingerprint density at radius 2 is 1.84 bits per heavy atom. The van der Waals surface area contributed by atoms with Crippen LogP contribution in [0.3, 0.4) is 0 Å². The Morgan fingerprint density at radius 3 is 2.52 bits per heavy atom. The minimum atomic E-state index is -0.931. The molecule has 0 fully saturated rings. The van der Waals surface area contributed by atoms with Gasteiger partial charge >= 0.3 is 0 Å². The summed E-state index contributed by atoms with van der Waals surface area (Å²) in [7, 11) is 1.62. The Hall–Kier alpha value is -3.59. The van der Waals surface area contributed by atoms with E-state index < -0.39 is 23.1 Å². The first-order valence-electron chi connectivity index (χ1n) is 9.44. The summed E-state index contributed by atoms with van der Waals surface area (Å²) in [6, 6.07) is 12.5.